The van der Waals surface area contributed by atoms with E-state index in [1.165, 1.54) is 0 Å². The van der Waals surface area contributed by atoms with Crippen molar-refractivity contribution >= 4 is 39.7 Å². The highest BCUT2D eigenvalue weighted by molar-refractivity contribution is 6.31. The number of benzene rings is 2. The lowest BCUT2D eigenvalue weighted by molar-refractivity contribution is 0.104. The maximum Gasteiger partial charge on any atom is 0.195 e. The fraction of sp³-hybridized carbons (Fsp3) is 0. The van der Waals surface area contributed by atoms with Crippen LogP contribution in [0.5, 0.6) is 0 Å². The molecule has 0 bridgehead atoms. The Labute approximate surface area is 120 Å². The number of nitrogens with one attached hydrogen (secondary N) is 1. The lowest BCUT2D eigenvalue weighted by Crippen LogP contribution is -2.03. The van der Waals surface area contributed by atoms with E-state index in [2.05, 4.69) is 4.98 Å². The Morgan fingerprint density at radius 2 is 1.75 bits per heavy atom. The predicted octanol–water partition coefficient (Wildman–Crippen LogP) is 3.22. The van der Waals surface area contributed by atoms with Crippen molar-refractivity contribution in [3.05, 3.63) is 58.7 Å². The summed E-state index contributed by atoms with van der Waals surface area (Å²) >= 11 is 5.98. The molecule has 1 heterocycles. The quantitative estimate of drug-likeness (QED) is 0.499. The number of anilines is 2. The Bertz CT molecular complexity index is 803. The number of carbonyl (C=O) groups is 1. The summed E-state index contributed by atoms with van der Waals surface area (Å²) in [5, 5.41) is 1.36. The summed E-state index contributed by atoms with van der Waals surface area (Å²) in [5.74, 6) is -0.141. The molecule has 0 saturated heterocycles. The summed E-state index contributed by atoms with van der Waals surface area (Å²) < 4.78 is 0. The molecule has 20 heavy (non-hydrogen) atoms. The maximum atomic E-state index is 12.6. The van der Waals surface area contributed by atoms with Gasteiger partial charge in [-0.3, -0.25) is 4.79 Å². The molecule has 3 rings (SSSR count). The van der Waals surface area contributed by atoms with Crippen LogP contribution in [0.1, 0.15) is 15.9 Å². The lowest BCUT2D eigenvalue weighted by Gasteiger charge is -2.03. The van der Waals surface area contributed by atoms with E-state index in [9.17, 15) is 4.79 Å². The second kappa shape index (κ2) is 4.58. The first-order chi connectivity index (χ1) is 9.54. The summed E-state index contributed by atoms with van der Waals surface area (Å²) in [6.07, 6.45) is 1.67. The second-order valence-electron chi connectivity index (χ2n) is 4.61. The van der Waals surface area contributed by atoms with Gasteiger partial charge in [-0.2, -0.15) is 0 Å². The van der Waals surface area contributed by atoms with Crippen molar-refractivity contribution < 1.29 is 4.79 Å². The van der Waals surface area contributed by atoms with Crippen LogP contribution >= 0.6 is 11.6 Å². The number of hydrogen-bond donors (Lipinski definition) is 3. The highest BCUT2D eigenvalue weighted by atomic mass is 35.5. The standard InChI is InChI=1S/C15H12ClN3O/c16-9-1-2-14-12(5-9)13(7-19-14)15(20)8-3-10(17)6-11(18)4-8/h1-7,19H,17-18H2. The molecule has 5 heteroatoms. The number of nitrogens with two attached hydrogens (primary N) is 2. The van der Waals surface area contributed by atoms with Gasteiger partial charge in [-0.1, -0.05) is 11.6 Å². The number of aromatic amines is 1. The molecule has 2 aromatic carbocycles. The van der Waals surface area contributed by atoms with Gasteiger partial charge >= 0.3 is 0 Å². The fourth-order valence-electron chi connectivity index (χ4n) is 2.24. The van der Waals surface area contributed by atoms with E-state index in [1.807, 2.05) is 6.07 Å². The molecule has 0 radical (unpaired) electrons. The number of carbonyl (C=O) groups excluding carboxylic acids is 1. The SMILES string of the molecule is Nc1cc(N)cc(C(=O)c2c[nH]c3ccc(Cl)cc23)c1. The molecule has 0 spiro atoms. The molecule has 0 unspecified atom stereocenters. The number of nitrogen functional groups attached to an aromatic ring is 2. The number of aromatic nitrogens is 1. The Balaban J connectivity index is 2.15. The average Bonchev–Trinajstić information content (AvgIpc) is 2.79. The largest absolute Gasteiger partial charge is 0.399 e. The Morgan fingerprint density at radius 1 is 1.05 bits per heavy atom. The van der Waals surface area contributed by atoms with Crippen LogP contribution in [0, 0.1) is 0 Å². The molecule has 0 fully saturated rings. The van der Waals surface area contributed by atoms with E-state index < -0.39 is 0 Å². The van der Waals surface area contributed by atoms with E-state index in [-0.39, 0.29) is 5.78 Å². The van der Waals surface area contributed by atoms with Gasteiger partial charge in [-0.05, 0) is 36.4 Å². The average molecular weight is 286 g/mol. The summed E-state index contributed by atoms with van der Waals surface area (Å²) in [6, 6.07) is 10.2. The molecule has 0 aliphatic carbocycles. The smallest absolute Gasteiger partial charge is 0.195 e. The highest BCUT2D eigenvalue weighted by Crippen LogP contribution is 2.25. The van der Waals surface area contributed by atoms with Crippen molar-refractivity contribution in [2.45, 2.75) is 0 Å². The van der Waals surface area contributed by atoms with Gasteiger partial charge in [0.15, 0.2) is 5.78 Å². The van der Waals surface area contributed by atoms with Crippen LogP contribution in [0.2, 0.25) is 5.02 Å². The van der Waals surface area contributed by atoms with Crippen LogP contribution < -0.4 is 11.5 Å². The van der Waals surface area contributed by atoms with Crippen molar-refractivity contribution in [1.82, 2.24) is 4.98 Å². The van der Waals surface area contributed by atoms with Crippen LogP contribution in [0.4, 0.5) is 11.4 Å². The van der Waals surface area contributed by atoms with Crippen molar-refractivity contribution in [3.63, 3.8) is 0 Å². The minimum Gasteiger partial charge on any atom is -0.399 e. The van der Waals surface area contributed by atoms with Crippen LogP contribution in [-0.2, 0) is 0 Å². The predicted molar refractivity (Wildman–Crippen MR) is 82.0 cm³/mol. The molecule has 3 aromatic rings. The summed E-state index contributed by atoms with van der Waals surface area (Å²) in [6.45, 7) is 0. The first kappa shape index (κ1) is 12.6. The zero-order valence-corrected chi connectivity index (χ0v) is 11.2. The number of ketones is 1. The third-order valence-corrected chi connectivity index (χ3v) is 3.36. The highest BCUT2D eigenvalue weighted by Gasteiger charge is 2.15. The fourth-order valence-corrected chi connectivity index (χ4v) is 2.42. The minimum absolute atomic E-state index is 0.141. The summed E-state index contributed by atoms with van der Waals surface area (Å²) in [4.78, 5) is 15.6. The van der Waals surface area contributed by atoms with Crippen LogP contribution in [0.25, 0.3) is 10.9 Å². The topological polar surface area (TPSA) is 84.9 Å². The zero-order valence-electron chi connectivity index (χ0n) is 10.5. The molecule has 0 aliphatic heterocycles. The van der Waals surface area contributed by atoms with Crippen LogP contribution in [0.3, 0.4) is 0 Å². The number of halogens is 1. The van der Waals surface area contributed by atoms with Gasteiger partial charge < -0.3 is 16.5 Å². The van der Waals surface area contributed by atoms with Crippen LogP contribution in [0.15, 0.2) is 42.6 Å². The molecule has 0 saturated carbocycles. The van der Waals surface area contributed by atoms with E-state index >= 15 is 0 Å². The van der Waals surface area contributed by atoms with E-state index in [1.54, 1.807) is 36.5 Å². The maximum absolute atomic E-state index is 12.6. The van der Waals surface area contributed by atoms with Gasteiger partial charge in [0, 0.05) is 44.6 Å². The Morgan fingerprint density at radius 3 is 2.45 bits per heavy atom. The number of rotatable bonds is 2. The molecule has 0 aliphatic rings. The van der Waals surface area contributed by atoms with Gasteiger partial charge in [0.1, 0.15) is 0 Å². The third kappa shape index (κ3) is 2.10. The van der Waals surface area contributed by atoms with Crippen molar-refractivity contribution in [2.24, 2.45) is 0 Å². The van der Waals surface area contributed by atoms with Crippen molar-refractivity contribution in [2.75, 3.05) is 11.5 Å². The van der Waals surface area contributed by atoms with E-state index in [0.29, 0.717) is 27.5 Å². The third-order valence-electron chi connectivity index (χ3n) is 3.13. The van der Waals surface area contributed by atoms with Crippen molar-refractivity contribution in [3.8, 4) is 0 Å². The summed E-state index contributed by atoms with van der Waals surface area (Å²) in [7, 11) is 0. The molecule has 0 amide bonds. The molecule has 0 atom stereocenters. The first-order valence-electron chi connectivity index (χ1n) is 6.02. The Kier molecular flexibility index (Phi) is 2.88. The molecule has 1 aromatic heterocycles. The van der Waals surface area contributed by atoms with Crippen LogP contribution in [-0.4, -0.2) is 10.8 Å². The molecule has 4 nitrogen and oxygen atoms in total. The molecular formula is C15H12ClN3O. The van der Waals surface area contributed by atoms with Gasteiger partial charge in [-0.15, -0.1) is 0 Å². The van der Waals surface area contributed by atoms with Gasteiger partial charge in [0.05, 0.1) is 0 Å². The normalized spacial score (nSPS) is 10.8. The first-order valence-corrected chi connectivity index (χ1v) is 6.40. The monoisotopic (exact) mass is 285 g/mol. The molecule has 5 N–H and O–H groups in total. The molecular weight excluding hydrogens is 274 g/mol. The zero-order chi connectivity index (χ0) is 14.3. The van der Waals surface area contributed by atoms with Gasteiger partial charge in [-0.25, -0.2) is 0 Å². The second-order valence-corrected chi connectivity index (χ2v) is 5.05. The number of hydrogen-bond acceptors (Lipinski definition) is 3. The van der Waals surface area contributed by atoms with Crippen molar-refractivity contribution in [1.29, 1.82) is 0 Å². The van der Waals surface area contributed by atoms with E-state index in [4.69, 9.17) is 23.1 Å². The van der Waals surface area contributed by atoms with Gasteiger partial charge in [0.2, 0.25) is 0 Å². The van der Waals surface area contributed by atoms with Gasteiger partial charge in [0.25, 0.3) is 0 Å². The summed E-state index contributed by atoms with van der Waals surface area (Å²) in [5.41, 5.74) is 14.2. The Hall–Kier alpha value is -2.46. The van der Waals surface area contributed by atoms with E-state index in [0.717, 1.165) is 10.9 Å². The lowest BCUT2D eigenvalue weighted by atomic mass is 10.0. The number of H-pyrrole nitrogens is 1. The molecule has 100 valence electrons. The minimum atomic E-state index is -0.141. The number of fused-ring (bicyclic) bond motifs is 1.